The summed E-state index contributed by atoms with van der Waals surface area (Å²) in [5.74, 6) is 0.558. The van der Waals surface area contributed by atoms with E-state index in [1.807, 2.05) is 20.8 Å². The van der Waals surface area contributed by atoms with Gasteiger partial charge < -0.3 is 15.2 Å². The van der Waals surface area contributed by atoms with Crippen molar-refractivity contribution in [3.8, 4) is 11.5 Å². The molecule has 0 bridgehead atoms. The maximum atomic E-state index is 12.4. The van der Waals surface area contributed by atoms with Gasteiger partial charge in [0.1, 0.15) is 0 Å². The molecule has 7 heteroatoms. The lowest BCUT2D eigenvalue weighted by atomic mass is 10.1. The standard InChI is InChI=1S/C21H22N4O3/c1-13-22-20(28-25-13)16-7-5-14(6-8-16)18(26)23-17-11-9-15(10-12-17)19(27)24-21(2,3)4/h5-12H,1-4H3,(H,23,26)(H,24,27). The Morgan fingerprint density at radius 1 is 0.893 bits per heavy atom. The first kappa shape index (κ1) is 19.3. The number of hydrogen-bond donors (Lipinski definition) is 2. The van der Waals surface area contributed by atoms with E-state index in [2.05, 4.69) is 20.8 Å². The molecule has 2 aromatic carbocycles. The van der Waals surface area contributed by atoms with Gasteiger partial charge in [0.05, 0.1) is 0 Å². The number of nitrogens with zero attached hydrogens (tertiary/aromatic N) is 2. The third-order valence-electron chi connectivity index (χ3n) is 3.82. The lowest BCUT2D eigenvalue weighted by molar-refractivity contribution is 0.0919. The van der Waals surface area contributed by atoms with Crippen molar-refractivity contribution in [3.63, 3.8) is 0 Å². The molecule has 0 radical (unpaired) electrons. The first-order chi connectivity index (χ1) is 13.2. The van der Waals surface area contributed by atoms with Crippen LogP contribution in [0, 0.1) is 6.92 Å². The molecule has 1 heterocycles. The van der Waals surface area contributed by atoms with Gasteiger partial charge in [-0.1, -0.05) is 5.16 Å². The minimum atomic E-state index is -0.309. The summed E-state index contributed by atoms with van der Waals surface area (Å²) in [4.78, 5) is 28.7. The molecule has 7 nitrogen and oxygen atoms in total. The Balaban J connectivity index is 1.65. The fraction of sp³-hybridized carbons (Fsp3) is 0.238. The highest BCUT2D eigenvalue weighted by Crippen LogP contribution is 2.18. The maximum absolute atomic E-state index is 12.4. The van der Waals surface area contributed by atoms with Gasteiger partial charge in [-0.15, -0.1) is 0 Å². The van der Waals surface area contributed by atoms with Gasteiger partial charge in [-0.05, 0) is 76.2 Å². The third-order valence-corrected chi connectivity index (χ3v) is 3.82. The van der Waals surface area contributed by atoms with Gasteiger partial charge >= 0.3 is 0 Å². The highest BCUT2D eigenvalue weighted by molar-refractivity contribution is 6.04. The third kappa shape index (κ3) is 4.82. The highest BCUT2D eigenvalue weighted by Gasteiger charge is 2.15. The van der Waals surface area contributed by atoms with Gasteiger partial charge in [0.25, 0.3) is 17.7 Å². The van der Waals surface area contributed by atoms with Gasteiger partial charge in [0.15, 0.2) is 5.82 Å². The van der Waals surface area contributed by atoms with Crippen molar-refractivity contribution < 1.29 is 14.1 Å². The zero-order valence-electron chi connectivity index (χ0n) is 16.2. The number of aryl methyl sites for hydroxylation is 1. The van der Waals surface area contributed by atoms with Gasteiger partial charge in [0, 0.05) is 27.9 Å². The van der Waals surface area contributed by atoms with Crippen LogP contribution in [0.1, 0.15) is 47.3 Å². The molecular weight excluding hydrogens is 356 g/mol. The van der Waals surface area contributed by atoms with Crippen molar-refractivity contribution in [2.75, 3.05) is 5.32 Å². The normalized spacial score (nSPS) is 11.1. The molecule has 0 fully saturated rings. The molecule has 2 N–H and O–H groups in total. The zero-order valence-corrected chi connectivity index (χ0v) is 16.2. The summed E-state index contributed by atoms with van der Waals surface area (Å²) in [7, 11) is 0. The highest BCUT2D eigenvalue weighted by atomic mass is 16.5. The van der Waals surface area contributed by atoms with E-state index in [0.717, 1.165) is 5.56 Å². The largest absolute Gasteiger partial charge is 0.347 e. The van der Waals surface area contributed by atoms with Gasteiger partial charge in [-0.3, -0.25) is 9.59 Å². The van der Waals surface area contributed by atoms with E-state index < -0.39 is 0 Å². The molecular formula is C21H22N4O3. The Hall–Kier alpha value is -3.48. The maximum Gasteiger partial charge on any atom is 0.257 e. The first-order valence-corrected chi connectivity index (χ1v) is 8.86. The predicted molar refractivity (Wildman–Crippen MR) is 106 cm³/mol. The van der Waals surface area contributed by atoms with Crippen LogP contribution >= 0.6 is 0 Å². The zero-order chi connectivity index (χ0) is 20.3. The van der Waals surface area contributed by atoms with Crippen LogP contribution in [0.25, 0.3) is 11.5 Å². The second-order valence-corrected chi connectivity index (χ2v) is 7.46. The van der Waals surface area contributed by atoms with Gasteiger partial charge in [0.2, 0.25) is 0 Å². The van der Waals surface area contributed by atoms with Gasteiger partial charge in [-0.2, -0.15) is 4.98 Å². The van der Waals surface area contributed by atoms with E-state index in [1.54, 1.807) is 55.5 Å². The van der Waals surface area contributed by atoms with Crippen LogP contribution in [0.2, 0.25) is 0 Å². The smallest absolute Gasteiger partial charge is 0.257 e. The lowest BCUT2D eigenvalue weighted by Gasteiger charge is -2.20. The Morgan fingerprint density at radius 3 is 2.00 bits per heavy atom. The van der Waals surface area contributed by atoms with Crippen LogP contribution in [-0.2, 0) is 0 Å². The minimum Gasteiger partial charge on any atom is -0.347 e. The summed E-state index contributed by atoms with van der Waals surface area (Å²) in [6, 6.07) is 13.6. The predicted octanol–water partition coefficient (Wildman–Crippen LogP) is 3.83. The number of benzene rings is 2. The van der Waals surface area contributed by atoms with E-state index in [4.69, 9.17) is 4.52 Å². The van der Waals surface area contributed by atoms with Gasteiger partial charge in [-0.25, -0.2) is 0 Å². The van der Waals surface area contributed by atoms with Crippen LogP contribution in [0.5, 0.6) is 0 Å². The fourth-order valence-corrected chi connectivity index (χ4v) is 2.50. The summed E-state index contributed by atoms with van der Waals surface area (Å²) in [6.07, 6.45) is 0. The van der Waals surface area contributed by atoms with Crippen molar-refractivity contribution in [2.24, 2.45) is 0 Å². The molecule has 0 saturated carbocycles. The quantitative estimate of drug-likeness (QED) is 0.719. The number of rotatable bonds is 4. The second-order valence-electron chi connectivity index (χ2n) is 7.46. The summed E-state index contributed by atoms with van der Waals surface area (Å²) in [6.45, 7) is 7.51. The molecule has 0 spiro atoms. The van der Waals surface area contributed by atoms with E-state index >= 15 is 0 Å². The Bertz CT molecular complexity index is 984. The van der Waals surface area contributed by atoms with Crippen LogP contribution in [0.3, 0.4) is 0 Å². The molecule has 3 aromatic rings. The first-order valence-electron chi connectivity index (χ1n) is 8.86. The average Bonchev–Trinajstić information content (AvgIpc) is 3.07. The fourth-order valence-electron chi connectivity index (χ4n) is 2.50. The average molecular weight is 378 g/mol. The molecule has 144 valence electrons. The molecule has 0 aliphatic carbocycles. The lowest BCUT2D eigenvalue weighted by Crippen LogP contribution is -2.40. The molecule has 0 aliphatic rings. The molecule has 3 rings (SSSR count). The molecule has 0 unspecified atom stereocenters. The number of anilines is 1. The van der Waals surface area contributed by atoms with Crippen LogP contribution in [-0.4, -0.2) is 27.5 Å². The minimum absolute atomic E-state index is 0.155. The Labute approximate surface area is 163 Å². The van der Waals surface area contributed by atoms with E-state index in [9.17, 15) is 9.59 Å². The van der Waals surface area contributed by atoms with Crippen molar-refractivity contribution >= 4 is 17.5 Å². The monoisotopic (exact) mass is 378 g/mol. The topological polar surface area (TPSA) is 97.1 Å². The molecule has 2 amide bonds. The molecule has 0 atom stereocenters. The summed E-state index contributed by atoms with van der Waals surface area (Å²) >= 11 is 0. The van der Waals surface area contributed by atoms with Crippen molar-refractivity contribution in [1.29, 1.82) is 0 Å². The van der Waals surface area contributed by atoms with E-state index in [-0.39, 0.29) is 17.4 Å². The van der Waals surface area contributed by atoms with Crippen molar-refractivity contribution in [3.05, 3.63) is 65.5 Å². The Morgan fingerprint density at radius 2 is 1.46 bits per heavy atom. The molecule has 1 aromatic heterocycles. The van der Waals surface area contributed by atoms with Crippen molar-refractivity contribution in [2.45, 2.75) is 33.2 Å². The molecule has 0 saturated heterocycles. The number of carbonyl (C=O) groups is 2. The summed E-state index contributed by atoms with van der Waals surface area (Å²) in [5, 5.41) is 9.46. The summed E-state index contributed by atoms with van der Waals surface area (Å²) < 4.78 is 5.11. The van der Waals surface area contributed by atoms with Crippen molar-refractivity contribution in [1.82, 2.24) is 15.5 Å². The van der Waals surface area contributed by atoms with Crippen LogP contribution in [0.15, 0.2) is 53.1 Å². The number of amides is 2. The van der Waals surface area contributed by atoms with Crippen LogP contribution < -0.4 is 10.6 Å². The SMILES string of the molecule is Cc1noc(-c2ccc(C(=O)Nc3ccc(C(=O)NC(C)(C)C)cc3)cc2)n1. The van der Waals surface area contributed by atoms with E-state index in [1.165, 1.54) is 0 Å². The van der Waals surface area contributed by atoms with Crippen LogP contribution in [0.4, 0.5) is 5.69 Å². The number of nitrogens with one attached hydrogen (secondary N) is 2. The second kappa shape index (κ2) is 7.64. The molecule has 28 heavy (non-hydrogen) atoms. The molecule has 0 aliphatic heterocycles. The number of aromatic nitrogens is 2. The number of hydrogen-bond acceptors (Lipinski definition) is 5. The summed E-state index contributed by atoms with van der Waals surface area (Å²) in [5.41, 5.74) is 2.07. The van der Waals surface area contributed by atoms with E-state index in [0.29, 0.717) is 28.5 Å². The Kier molecular flexibility index (Phi) is 5.26. The number of carbonyl (C=O) groups excluding carboxylic acids is 2.